The van der Waals surface area contributed by atoms with Crippen LogP contribution >= 0.6 is 35.3 Å². The van der Waals surface area contributed by atoms with E-state index in [4.69, 9.17) is 0 Å². The van der Waals surface area contributed by atoms with Gasteiger partial charge in [0.1, 0.15) is 5.01 Å². The van der Waals surface area contributed by atoms with Crippen molar-refractivity contribution in [3.63, 3.8) is 0 Å². The molecule has 5 nitrogen and oxygen atoms in total. The fraction of sp³-hybridized carbons (Fsp3) is 0.750. The molecule has 0 amide bonds. The lowest BCUT2D eigenvalue weighted by Gasteiger charge is -2.30. The molecule has 0 saturated carbocycles. The van der Waals surface area contributed by atoms with Crippen molar-refractivity contribution >= 4 is 41.3 Å². The van der Waals surface area contributed by atoms with Gasteiger partial charge in [-0.15, -0.1) is 35.3 Å². The van der Waals surface area contributed by atoms with Crippen LogP contribution in [0.25, 0.3) is 0 Å². The Balaban J connectivity index is 0.00000264. The number of likely N-dealkylation sites (tertiary alicyclic amines) is 1. The van der Waals surface area contributed by atoms with Crippen molar-refractivity contribution in [1.29, 1.82) is 0 Å². The van der Waals surface area contributed by atoms with E-state index in [1.165, 1.54) is 30.8 Å². The fourth-order valence-corrected chi connectivity index (χ4v) is 3.50. The Morgan fingerprint density at radius 3 is 2.96 bits per heavy atom. The number of rotatable bonds is 6. The largest absolute Gasteiger partial charge is 0.357 e. The maximum atomic E-state index is 4.62. The predicted molar refractivity (Wildman–Crippen MR) is 110 cm³/mol. The minimum atomic E-state index is 0. The van der Waals surface area contributed by atoms with Crippen LogP contribution in [-0.2, 0) is 6.54 Å². The van der Waals surface area contributed by atoms with Gasteiger partial charge in [0.05, 0.1) is 6.54 Å². The number of guanidine groups is 1. The third-order valence-electron chi connectivity index (χ3n) is 3.85. The molecule has 1 saturated heterocycles. The van der Waals surface area contributed by atoms with E-state index in [0.29, 0.717) is 6.54 Å². The Hall–Kier alpha value is -0.410. The second kappa shape index (κ2) is 11.2. The van der Waals surface area contributed by atoms with Crippen molar-refractivity contribution in [2.24, 2.45) is 10.9 Å². The van der Waals surface area contributed by atoms with Crippen LogP contribution in [0.4, 0.5) is 0 Å². The van der Waals surface area contributed by atoms with Crippen LogP contribution in [0.15, 0.2) is 11.2 Å². The molecule has 1 atom stereocenters. The molecular formula is C16H30IN5S. The summed E-state index contributed by atoms with van der Waals surface area (Å²) in [7, 11) is 0. The molecule has 1 aliphatic rings. The fourth-order valence-electron chi connectivity index (χ4n) is 2.79. The molecule has 2 rings (SSSR count). The number of halogens is 1. The number of hydrogen-bond acceptors (Lipinski definition) is 4. The Bertz CT molecular complexity index is 477. The van der Waals surface area contributed by atoms with Gasteiger partial charge in [-0.05, 0) is 39.2 Å². The molecule has 1 unspecified atom stereocenters. The zero-order valence-electron chi connectivity index (χ0n) is 14.5. The topological polar surface area (TPSA) is 52.6 Å². The third-order valence-corrected chi connectivity index (χ3v) is 4.74. The van der Waals surface area contributed by atoms with Gasteiger partial charge in [-0.2, -0.15) is 0 Å². The zero-order valence-corrected chi connectivity index (χ0v) is 17.6. The monoisotopic (exact) mass is 451 g/mol. The van der Waals surface area contributed by atoms with Crippen molar-refractivity contribution < 1.29 is 0 Å². The Morgan fingerprint density at radius 1 is 1.48 bits per heavy atom. The van der Waals surface area contributed by atoms with Gasteiger partial charge in [-0.1, -0.05) is 6.92 Å². The standard InChI is InChI=1S/C16H29N5S.HI/c1-4-17-16(20-11-15-19-10-14(3)22-15)18-7-9-21-8-5-6-13(2)12-21;/h10,13H,4-9,11-12H2,1-3H3,(H2,17,18,20);1H. The molecule has 7 heteroatoms. The Kier molecular flexibility index (Phi) is 10.0. The molecule has 0 radical (unpaired) electrons. The van der Waals surface area contributed by atoms with E-state index in [0.717, 1.165) is 36.5 Å². The molecule has 0 spiro atoms. The number of nitrogens with zero attached hydrogens (tertiary/aromatic N) is 3. The van der Waals surface area contributed by atoms with Gasteiger partial charge in [0.25, 0.3) is 0 Å². The average Bonchev–Trinajstić information content (AvgIpc) is 2.90. The lowest BCUT2D eigenvalue weighted by atomic mass is 10.0. The molecule has 2 heterocycles. The first kappa shape index (κ1) is 20.6. The predicted octanol–water partition coefficient (Wildman–Crippen LogP) is 2.86. The van der Waals surface area contributed by atoms with E-state index >= 15 is 0 Å². The van der Waals surface area contributed by atoms with Gasteiger partial charge in [0.2, 0.25) is 0 Å². The van der Waals surface area contributed by atoms with Crippen LogP contribution in [0.1, 0.15) is 36.6 Å². The smallest absolute Gasteiger partial charge is 0.191 e. The van der Waals surface area contributed by atoms with Crippen molar-refractivity contribution in [3.05, 3.63) is 16.1 Å². The maximum Gasteiger partial charge on any atom is 0.191 e. The summed E-state index contributed by atoms with van der Waals surface area (Å²) in [4.78, 5) is 12.8. The van der Waals surface area contributed by atoms with E-state index < -0.39 is 0 Å². The summed E-state index contributed by atoms with van der Waals surface area (Å²) in [6.45, 7) is 12.5. The number of thiazole rings is 1. The first-order valence-corrected chi connectivity index (χ1v) is 9.15. The molecule has 1 fully saturated rings. The third kappa shape index (κ3) is 7.80. The minimum absolute atomic E-state index is 0. The van der Waals surface area contributed by atoms with E-state index in [1.54, 1.807) is 11.3 Å². The molecule has 1 aliphatic heterocycles. The highest BCUT2D eigenvalue weighted by atomic mass is 127. The SMILES string of the molecule is CCNC(=NCc1ncc(C)s1)NCCN1CCCC(C)C1.I. The number of nitrogens with one attached hydrogen (secondary N) is 2. The van der Waals surface area contributed by atoms with Gasteiger partial charge in [0.15, 0.2) is 5.96 Å². The van der Waals surface area contributed by atoms with E-state index in [1.807, 2.05) is 6.20 Å². The minimum Gasteiger partial charge on any atom is -0.357 e. The summed E-state index contributed by atoms with van der Waals surface area (Å²) in [6.07, 6.45) is 4.62. The summed E-state index contributed by atoms with van der Waals surface area (Å²) < 4.78 is 0. The number of hydrogen-bond donors (Lipinski definition) is 2. The summed E-state index contributed by atoms with van der Waals surface area (Å²) >= 11 is 1.71. The highest BCUT2D eigenvalue weighted by Crippen LogP contribution is 2.14. The molecule has 2 N–H and O–H groups in total. The maximum absolute atomic E-state index is 4.62. The molecule has 1 aromatic heterocycles. The van der Waals surface area contributed by atoms with Gasteiger partial charge in [-0.25, -0.2) is 9.98 Å². The normalized spacial score (nSPS) is 19.3. The number of aromatic nitrogens is 1. The van der Waals surface area contributed by atoms with E-state index in [9.17, 15) is 0 Å². The quantitative estimate of drug-likeness (QED) is 0.397. The molecule has 0 aromatic carbocycles. The zero-order chi connectivity index (χ0) is 15.8. The summed E-state index contributed by atoms with van der Waals surface area (Å²) in [5.74, 6) is 1.73. The molecule has 23 heavy (non-hydrogen) atoms. The molecule has 0 aliphatic carbocycles. The lowest BCUT2D eigenvalue weighted by Crippen LogP contribution is -2.43. The molecule has 132 valence electrons. The van der Waals surface area contributed by atoms with Crippen LogP contribution in [0.5, 0.6) is 0 Å². The van der Waals surface area contributed by atoms with Crippen molar-refractivity contribution in [2.75, 3.05) is 32.7 Å². The molecular weight excluding hydrogens is 421 g/mol. The van der Waals surface area contributed by atoms with Gasteiger partial charge in [0, 0.05) is 37.3 Å². The summed E-state index contributed by atoms with van der Waals surface area (Å²) in [5.41, 5.74) is 0. The summed E-state index contributed by atoms with van der Waals surface area (Å²) in [6, 6.07) is 0. The highest BCUT2D eigenvalue weighted by Gasteiger charge is 2.15. The highest BCUT2D eigenvalue weighted by molar-refractivity contribution is 14.0. The van der Waals surface area contributed by atoms with Crippen LogP contribution < -0.4 is 10.6 Å². The van der Waals surface area contributed by atoms with Crippen LogP contribution in [0.2, 0.25) is 0 Å². The van der Waals surface area contributed by atoms with Crippen molar-refractivity contribution in [2.45, 2.75) is 40.2 Å². The van der Waals surface area contributed by atoms with Gasteiger partial charge < -0.3 is 15.5 Å². The van der Waals surface area contributed by atoms with Crippen LogP contribution in [-0.4, -0.2) is 48.6 Å². The first-order valence-electron chi connectivity index (χ1n) is 8.33. The first-order chi connectivity index (χ1) is 10.7. The second-order valence-electron chi connectivity index (χ2n) is 6.03. The van der Waals surface area contributed by atoms with E-state index in [2.05, 4.69) is 46.3 Å². The lowest BCUT2D eigenvalue weighted by molar-refractivity contribution is 0.187. The summed E-state index contributed by atoms with van der Waals surface area (Å²) in [5, 5.41) is 7.81. The molecule has 1 aromatic rings. The van der Waals surface area contributed by atoms with Crippen LogP contribution in [0, 0.1) is 12.8 Å². The Labute approximate surface area is 161 Å². The van der Waals surface area contributed by atoms with Gasteiger partial charge >= 0.3 is 0 Å². The second-order valence-corrected chi connectivity index (χ2v) is 7.35. The average molecular weight is 451 g/mol. The Morgan fingerprint density at radius 2 is 2.30 bits per heavy atom. The van der Waals surface area contributed by atoms with Crippen molar-refractivity contribution in [1.82, 2.24) is 20.5 Å². The number of aliphatic imine (C=N–C) groups is 1. The van der Waals surface area contributed by atoms with E-state index in [-0.39, 0.29) is 24.0 Å². The van der Waals surface area contributed by atoms with Crippen LogP contribution in [0.3, 0.4) is 0 Å². The van der Waals surface area contributed by atoms with Gasteiger partial charge in [-0.3, -0.25) is 0 Å². The molecule has 0 bridgehead atoms. The van der Waals surface area contributed by atoms with Crippen molar-refractivity contribution in [3.8, 4) is 0 Å². The number of piperidine rings is 1. The number of aryl methyl sites for hydroxylation is 1.